The van der Waals surface area contributed by atoms with Gasteiger partial charge in [-0.3, -0.25) is 0 Å². The van der Waals surface area contributed by atoms with Crippen LogP contribution in [0.25, 0.3) is 0 Å². The number of nitrogens with one attached hydrogen (secondary N) is 1. The predicted octanol–water partition coefficient (Wildman–Crippen LogP) is 4.23. The molecule has 0 aliphatic heterocycles. The molecule has 2 nitrogen and oxygen atoms in total. The first-order chi connectivity index (χ1) is 9.24. The van der Waals surface area contributed by atoms with Gasteiger partial charge in [0.15, 0.2) is 0 Å². The average Bonchev–Trinajstić information content (AvgIpc) is 2.93. The molecule has 1 aromatic rings. The fourth-order valence-corrected chi connectivity index (χ4v) is 3.28. The zero-order valence-corrected chi connectivity index (χ0v) is 12.5. The molecule has 2 rings (SSSR count). The van der Waals surface area contributed by atoms with Crippen LogP contribution >= 0.6 is 0 Å². The highest BCUT2D eigenvalue weighted by Gasteiger charge is 2.19. The Labute approximate surface area is 117 Å². The Morgan fingerprint density at radius 1 is 1.32 bits per heavy atom. The SMILES string of the molecule is CNC(CCC1CCCC1)c1cc(C)ccc1OC. The minimum absolute atomic E-state index is 0.412. The molecule has 19 heavy (non-hydrogen) atoms. The Kier molecular flexibility index (Phi) is 5.26. The van der Waals surface area contributed by atoms with E-state index in [2.05, 4.69) is 37.5 Å². The van der Waals surface area contributed by atoms with Gasteiger partial charge in [0, 0.05) is 11.6 Å². The van der Waals surface area contributed by atoms with Crippen molar-refractivity contribution in [2.45, 2.75) is 51.5 Å². The molecular formula is C17H27NO. The standard InChI is InChI=1S/C17H27NO/c1-13-8-11-17(19-3)15(12-13)16(18-2)10-9-14-6-4-5-7-14/h8,11-12,14,16,18H,4-7,9-10H2,1-3H3. The van der Waals surface area contributed by atoms with Crippen LogP contribution in [0.1, 0.15) is 55.7 Å². The number of ether oxygens (including phenoxy) is 1. The van der Waals surface area contributed by atoms with Gasteiger partial charge in [-0.2, -0.15) is 0 Å². The molecule has 1 unspecified atom stereocenters. The van der Waals surface area contributed by atoms with Gasteiger partial charge in [-0.25, -0.2) is 0 Å². The van der Waals surface area contributed by atoms with Crippen LogP contribution in [0.4, 0.5) is 0 Å². The fraction of sp³-hybridized carbons (Fsp3) is 0.647. The van der Waals surface area contributed by atoms with Crippen LogP contribution < -0.4 is 10.1 Å². The smallest absolute Gasteiger partial charge is 0.123 e. The molecule has 2 heteroatoms. The minimum atomic E-state index is 0.412. The molecule has 0 radical (unpaired) electrons. The van der Waals surface area contributed by atoms with Crippen LogP contribution in [0, 0.1) is 12.8 Å². The van der Waals surface area contributed by atoms with Crippen LogP contribution in [-0.4, -0.2) is 14.2 Å². The van der Waals surface area contributed by atoms with Gasteiger partial charge in [0.1, 0.15) is 5.75 Å². The summed E-state index contributed by atoms with van der Waals surface area (Å²) >= 11 is 0. The lowest BCUT2D eigenvalue weighted by atomic mass is 9.93. The van der Waals surface area contributed by atoms with Crippen molar-refractivity contribution in [3.63, 3.8) is 0 Å². The normalized spacial score (nSPS) is 17.6. The van der Waals surface area contributed by atoms with E-state index in [1.807, 2.05) is 0 Å². The van der Waals surface area contributed by atoms with Gasteiger partial charge in [0.05, 0.1) is 7.11 Å². The minimum Gasteiger partial charge on any atom is -0.496 e. The second-order valence-electron chi connectivity index (χ2n) is 5.81. The maximum Gasteiger partial charge on any atom is 0.123 e. The van der Waals surface area contributed by atoms with Gasteiger partial charge in [0.25, 0.3) is 0 Å². The lowest BCUT2D eigenvalue weighted by molar-refractivity contribution is 0.386. The topological polar surface area (TPSA) is 21.3 Å². The highest BCUT2D eigenvalue weighted by Crippen LogP contribution is 2.34. The molecule has 1 saturated carbocycles. The molecular weight excluding hydrogens is 234 g/mol. The summed E-state index contributed by atoms with van der Waals surface area (Å²) in [5.74, 6) is 1.96. The van der Waals surface area contributed by atoms with Gasteiger partial charge in [-0.15, -0.1) is 0 Å². The number of hydrogen-bond acceptors (Lipinski definition) is 2. The lowest BCUT2D eigenvalue weighted by Crippen LogP contribution is -2.18. The van der Waals surface area contributed by atoms with Crippen molar-refractivity contribution in [1.29, 1.82) is 0 Å². The van der Waals surface area contributed by atoms with Crippen LogP contribution in [-0.2, 0) is 0 Å². The second-order valence-corrected chi connectivity index (χ2v) is 5.81. The van der Waals surface area contributed by atoms with Crippen molar-refractivity contribution in [3.05, 3.63) is 29.3 Å². The van der Waals surface area contributed by atoms with E-state index in [4.69, 9.17) is 4.74 Å². The molecule has 1 N–H and O–H groups in total. The van der Waals surface area contributed by atoms with Crippen LogP contribution in [0.2, 0.25) is 0 Å². The molecule has 0 aromatic heterocycles. The molecule has 0 saturated heterocycles. The summed E-state index contributed by atoms with van der Waals surface area (Å²) < 4.78 is 5.51. The molecule has 0 spiro atoms. The monoisotopic (exact) mass is 261 g/mol. The summed E-state index contributed by atoms with van der Waals surface area (Å²) in [4.78, 5) is 0. The van der Waals surface area contributed by atoms with E-state index in [1.165, 1.54) is 49.7 Å². The highest BCUT2D eigenvalue weighted by molar-refractivity contribution is 5.39. The molecule has 1 aliphatic rings. The zero-order valence-electron chi connectivity index (χ0n) is 12.5. The van der Waals surface area contributed by atoms with E-state index in [0.29, 0.717) is 6.04 Å². The average molecular weight is 261 g/mol. The molecule has 0 bridgehead atoms. The van der Waals surface area contributed by atoms with Crippen LogP contribution in [0.15, 0.2) is 18.2 Å². The Hall–Kier alpha value is -1.02. The molecule has 106 valence electrons. The van der Waals surface area contributed by atoms with Crippen molar-refractivity contribution in [3.8, 4) is 5.75 Å². The molecule has 0 heterocycles. The molecule has 1 aromatic carbocycles. The van der Waals surface area contributed by atoms with Gasteiger partial charge in [-0.05, 0) is 38.8 Å². The molecule has 0 amide bonds. The first kappa shape index (κ1) is 14.4. The number of rotatable bonds is 6. The number of benzene rings is 1. The van der Waals surface area contributed by atoms with Crippen molar-refractivity contribution >= 4 is 0 Å². The number of hydrogen-bond donors (Lipinski definition) is 1. The zero-order chi connectivity index (χ0) is 13.7. The van der Waals surface area contributed by atoms with E-state index < -0.39 is 0 Å². The van der Waals surface area contributed by atoms with Crippen LogP contribution in [0.5, 0.6) is 5.75 Å². The number of methoxy groups -OCH3 is 1. The summed E-state index contributed by atoms with van der Waals surface area (Å²) in [7, 11) is 3.82. The quantitative estimate of drug-likeness (QED) is 0.827. The summed E-state index contributed by atoms with van der Waals surface area (Å²) in [6.45, 7) is 2.15. The molecule has 1 aliphatic carbocycles. The van der Waals surface area contributed by atoms with Gasteiger partial charge in [-0.1, -0.05) is 43.4 Å². The van der Waals surface area contributed by atoms with Crippen molar-refractivity contribution < 1.29 is 4.74 Å². The van der Waals surface area contributed by atoms with Crippen LogP contribution in [0.3, 0.4) is 0 Å². The third-order valence-electron chi connectivity index (χ3n) is 4.45. The Morgan fingerprint density at radius 2 is 2.05 bits per heavy atom. The Morgan fingerprint density at radius 3 is 2.68 bits per heavy atom. The van der Waals surface area contributed by atoms with E-state index in [1.54, 1.807) is 7.11 Å². The lowest BCUT2D eigenvalue weighted by Gasteiger charge is -2.21. The first-order valence-corrected chi connectivity index (χ1v) is 7.56. The van der Waals surface area contributed by atoms with E-state index in [9.17, 15) is 0 Å². The van der Waals surface area contributed by atoms with E-state index in [-0.39, 0.29) is 0 Å². The summed E-state index contributed by atoms with van der Waals surface area (Å²) in [6.07, 6.45) is 8.28. The molecule has 1 atom stereocenters. The number of aryl methyl sites for hydroxylation is 1. The summed E-state index contributed by atoms with van der Waals surface area (Å²) in [6, 6.07) is 6.88. The maximum atomic E-state index is 5.51. The summed E-state index contributed by atoms with van der Waals surface area (Å²) in [5, 5.41) is 3.46. The third-order valence-corrected chi connectivity index (χ3v) is 4.45. The fourth-order valence-electron chi connectivity index (χ4n) is 3.28. The Bertz CT molecular complexity index is 396. The first-order valence-electron chi connectivity index (χ1n) is 7.56. The van der Waals surface area contributed by atoms with E-state index >= 15 is 0 Å². The van der Waals surface area contributed by atoms with Crippen molar-refractivity contribution in [2.75, 3.05) is 14.2 Å². The second kappa shape index (κ2) is 6.95. The summed E-state index contributed by atoms with van der Waals surface area (Å²) in [5.41, 5.74) is 2.61. The predicted molar refractivity (Wildman–Crippen MR) is 80.7 cm³/mol. The third kappa shape index (κ3) is 3.73. The van der Waals surface area contributed by atoms with Crippen molar-refractivity contribution in [1.82, 2.24) is 5.32 Å². The Balaban J connectivity index is 2.05. The molecule has 1 fully saturated rings. The maximum absolute atomic E-state index is 5.51. The largest absolute Gasteiger partial charge is 0.496 e. The highest BCUT2D eigenvalue weighted by atomic mass is 16.5. The van der Waals surface area contributed by atoms with E-state index in [0.717, 1.165) is 11.7 Å². The van der Waals surface area contributed by atoms with Gasteiger partial charge >= 0.3 is 0 Å². The van der Waals surface area contributed by atoms with Gasteiger partial charge < -0.3 is 10.1 Å². The van der Waals surface area contributed by atoms with Crippen molar-refractivity contribution in [2.24, 2.45) is 5.92 Å². The van der Waals surface area contributed by atoms with Gasteiger partial charge in [0.2, 0.25) is 0 Å².